The second-order valence-corrected chi connectivity index (χ2v) is 6.43. The molecule has 0 fully saturated rings. The first kappa shape index (κ1) is 20.7. The van der Waals surface area contributed by atoms with Crippen LogP contribution < -0.4 is 5.73 Å². The van der Waals surface area contributed by atoms with Crippen LogP contribution in [0.5, 0.6) is 0 Å². The Hall–Kier alpha value is -0.300. The van der Waals surface area contributed by atoms with E-state index in [1.54, 1.807) is 0 Å². The van der Waals surface area contributed by atoms with E-state index < -0.39 is 0 Å². The standard InChI is InChI=1S/C20H41N/c1-2-3-4-5-6-7-8-9-10-11-12-13-14-15-16-17-18-19-20-21/h9-10H,2-8,11-21H2,1H3/b10-9-. The third kappa shape index (κ3) is 19.7. The molecule has 0 aromatic heterocycles. The lowest BCUT2D eigenvalue weighted by atomic mass is 10.1. The van der Waals surface area contributed by atoms with E-state index >= 15 is 0 Å². The summed E-state index contributed by atoms with van der Waals surface area (Å²) in [7, 11) is 0. The van der Waals surface area contributed by atoms with Crippen molar-refractivity contribution in [2.75, 3.05) is 6.54 Å². The predicted octanol–water partition coefficient (Wildman–Crippen LogP) is 6.76. The zero-order valence-electron chi connectivity index (χ0n) is 14.8. The number of nitrogens with two attached hydrogens (primary N) is 1. The summed E-state index contributed by atoms with van der Waals surface area (Å²) in [6.45, 7) is 3.15. The molecular weight excluding hydrogens is 254 g/mol. The Labute approximate surface area is 134 Å². The Balaban J connectivity index is 3.02. The summed E-state index contributed by atoms with van der Waals surface area (Å²) in [5.74, 6) is 0. The van der Waals surface area contributed by atoms with Crippen molar-refractivity contribution in [3.05, 3.63) is 12.2 Å². The topological polar surface area (TPSA) is 26.0 Å². The Kier molecular flexibility index (Phi) is 19.4. The maximum Gasteiger partial charge on any atom is -0.00773 e. The van der Waals surface area contributed by atoms with Gasteiger partial charge in [0.25, 0.3) is 0 Å². The molecule has 0 spiro atoms. The zero-order chi connectivity index (χ0) is 15.4. The molecule has 0 rings (SSSR count). The van der Waals surface area contributed by atoms with Crippen molar-refractivity contribution in [3.63, 3.8) is 0 Å². The highest BCUT2D eigenvalue weighted by molar-refractivity contribution is 4.81. The van der Waals surface area contributed by atoms with Crippen LogP contribution in [0.25, 0.3) is 0 Å². The minimum Gasteiger partial charge on any atom is -0.330 e. The SMILES string of the molecule is CCCCCCCC/C=C\CCCCCCCCCCN. The van der Waals surface area contributed by atoms with E-state index in [0.717, 1.165) is 6.54 Å². The first-order valence-electron chi connectivity index (χ1n) is 9.77. The molecule has 0 aliphatic heterocycles. The molecule has 0 saturated carbocycles. The normalized spacial score (nSPS) is 11.5. The van der Waals surface area contributed by atoms with Gasteiger partial charge in [0.15, 0.2) is 0 Å². The Morgan fingerprint density at radius 1 is 0.524 bits per heavy atom. The van der Waals surface area contributed by atoms with E-state index in [1.165, 1.54) is 103 Å². The molecule has 0 unspecified atom stereocenters. The molecule has 0 aromatic rings. The van der Waals surface area contributed by atoms with E-state index in [2.05, 4.69) is 19.1 Å². The molecule has 21 heavy (non-hydrogen) atoms. The Morgan fingerprint density at radius 3 is 1.33 bits per heavy atom. The molecule has 126 valence electrons. The lowest BCUT2D eigenvalue weighted by Crippen LogP contribution is -1.97. The van der Waals surface area contributed by atoms with Crippen molar-refractivity contribution in [1.29, 1.82) is 0 Å². The molecule has 0 saturated heterocycles. The van der Waals surface area contributed by atoms with Gasteiger partial charge >= 0.3 is 0 Å². The molecule has 0 aromatic carbocycles. The molecule has 2 N–H and O–H groups in total. The van der Waals surface area contributed by atoms with Gasteiger partial charge in [0.05, 0.1) is 0 Å². The minimum atomic E-state index is 0.866. The fraction of sp³-hybridized carbons (Fsp3) is 0.900. The number of unbranched alkanes of at least 4 members (excludes halogenated alkanes) is 14. The fourth-order valence-corrected chi connectivity index (χ4v) is 2.75. The molecule has 0 bridgehead atoms. The van der Waals surface area contributed by atoms with E-state index in [4.69, 9.17) is 5.73 Å². The molecule has 0 radical (unpaired) electrons. The van der Waals surface area contributed by atoms with Crippen molar-refractivity contribution in [2.45, 2.75) is 110 Å². The smallest absolute Gasteiger partial charge is 0.00773 e. The van der Waals surface area contributed by atoms with Gasteiger partial charge in [0, 0.05) is 0 Å². The average molecular weight is 296 g/mol. The fourth-order valence-electron chi connectivity index (χ4n) is 2.75. The van der Waals surface area contributed by atoms with Gasteiger partial charge in [-0.05, 0) is 38.6 Å². The summed E-state index contributed by atoms with van der Waals surface area (Å²) in [6.07, 6.45) is 26.9. The van der Waals surface area contributed by atoms with Crippen LogP contribution >= 0.6 is 0 Å². The monoisotopic (exact) mass is 295 g/mol. The molecule has 0 atom stereocenters. The molecule has 1 nitrogen and oxygen atoms in total. The van der Waals surface area contributed by atoms with E-state index in [0.29, 0.717) is 0 Å². The zero-order valence-corrected chi connectivity index (χ0v) is 14.8. The van der Waals surface area contributed by atoms with E-state index in [-0.39, 0.29) is 0 Å². The van der Waals surface area contributed by atoms with Gasteiger partial charge in [-0.3, -0.25) is 0 Å². The second-order valence-electron chi connectivity index (χ2n) is 6.43. The van der Waals surface area contributed by atoms with Gasteiger partial charge in [-0.2, -0.15) is 0 Å². The summed E-state index contributed by atoms with van der Waals surface area (Å²) in [5, 5.41) is 0. The van der Waals surface area contributed by atoms with Gasteiger partial charge in [-0.25, -0.2) is 0 Å². The summed E-state index contributed by atoms with van der Waals surface area (Å²) in [6, 6.07) is 0. The highest BCUT2D eigenvalue weighted by Gasteiger charge is 1.91. The first-order chi connectivity index (χ1) is 10.4. The first-order valence-corrected chi connectivity index (χ1v) is 9.77. The Morgan fingerprint density at radius 2 is 0.905 bits per heavy atom. The maximum atomic E-state index is 5.49. The van der Waals surface area contributed by atoms with Crippen molar-refractivity contribution < 1.29 is 0 Å². The largest absolute Gasteiger partial charge is 0.330 e. The maximum absolute atomic E-state index is 5.49. The van der Waals surface area contributed by atoms with Gasteiger partial charge in [0.1, 0.15) is 0 Å². The third-order valence-corrected chi connectivity index (χ3v) is 4.22. The van der Waals surface area contributed by atoms with Crippen LogP contribution in [0, 0.1) is 0 Å². The number of allylic oxidation sites excluding steroid dienone is 2. The number of hydrogen-bond donors (Lipinski definition) is 1. The van der Waals surface area contributed by atoms with Gasteiger partial charge in [-0.1, -0.05) is 89.7 Å². The van der Waals surface area contributed by atoms with Crippen molar-refractivity contribution in [1.82, 2.24) is 0 Å². The van der Waals surface area contributed by atoms with Gasteiger partial charge < -0.3 is 5.73 Å². The highest BCUT2D eigenvalue weighted by atomic mass is 14.5. The van der Waals surface area contributed by atoms with Gasteiger partial charge in [0.2, 0.25) is 0 Å². The molecule has 0 heterocycles. The quantitative estimate of drug-likeness (QED) is 0.233. The average Bonchev–Trinajstić information content (AvgIpc) is 2.50. The number of hydrogen-bond acceptors (Lipinski definition) is 1. The summed E-state index contributed by atoms with van der Waals surface area (Å²) < 4.78 is 0. The predicted molar refractivity (Wildman–Crippen MR) is 97.7 cm³/mol. The second kappa shape index (κ2) is 19.7. The molecule has 1 heteroatoms. The third-order valence-electron chi connectivity index (χ3n) is 4.22. The van der Waals surface area contributed by atoms with Crippen LogP contribution in [-0.4, -0.2) is 6.54 Å². The van der Waals surface area contributed by atoms with Crippen LogP contribution in [0.2, 0.25) is 0 Å². The molecule has 0 aliphatic carbocycles. The summed E-state index contributed by atoms with van der Waals surface area (Å²) in [4.78, 5) is 0. The minimum absolute atomic E-state index is 0.866. The van der Waals surface area contributed by atoms with Crippen molar-refractivity contribution in [3.8, 4) is 0 Å². The Bertz CT molecular complexity index is 198. The molecular formula is C20H41N. The van der Waals surface area contributed by atoms with Crippen molar-refractivity contribution in [2.24, 2.45) is 5.73 Å². The molecule has 0 amide bonds. The highest BCUT2D eigenvalue weighted by Crippen LogP contribution is 2.10. The van der Waals surface area contributed by atoms with Crippen molar-refractivity contribution >= 4 is 0 Å². The van der Waals surface area contributed by atoms with E-state index in [9.17, 15) is 0 Å². The molecule has 0 aliphatic rings. The van der Waals surface area contributed by atoms with Crippen LogP contribution in [0.4, 0.5) is 0 Å². The van der Waals surface area contributed by atoms with Crippen LogP contribution in [-0.2, 0) is 0 Å². The van der Waals surface area contributed by atoms with Gasteiger partial charge in [-0.15, -0.1) is 0 Å². The summed E-state index contributed by atoms with van der Waals surface area (Å²) in [5.41, 5.74) is 5.49. The number of rotatable bonds is 17. The van der Waals surface area contributed by atoms with Crippen LogP contribution in [0.15, 0.2) is 12.2 Å². The lowest BCUT2D eigenvalue weighted by molar-refractivity contribution is 0.571. The van der Waals surface area contributed by atoms with Crippen LogP contribution in [0.3, 0.4) is 0 Å². The van der Waals surface area contributed by atoms with E-state index in [1.807, 2.05) is 0 Å². The lowest BCUT2D eigenvalue weighted by Gasteiger charge is -2.00. The van der Waals surface area contributed by atoms with Crippen LogP contribution in [0.1, 0.15) is 110 Å². The summed E-state index contributed by atoms with van der Waals surface area (Å²) >= 11 is 0.